The van der Waals surface area contributed by atoms with Gasteiger partial charge in [0.05, 0.1) is 5.69 Å². The van der Waals surface area contributed by atoms with Crippen molar-refractivity contribution in [3.63, 3.8) is 0 Å². The molecule has 1 aromatic rings. The number of aromatic nitrogens is 2. The van der Waals surface area contributed by atoms with Gasteiger partial charge >= 0.3 is 0 Å². The van der Waals surface area contributed by atoms with E-state index in [-0.39, 0.29) is 5.91 Å². The molecule has 1 aromatic heterocycles. The zero-order chi connectivity index (χ0) is 10.2. The molecule has 0 aliphatic rings. The topological polar surface area (TPSA) is 80.9 Å². The van der Waals surface area contributed by atoms with Crippen LogP contribution in [0.5, 0.6) is 0 Å². The molecule has 5 heteroatoms. The fourth-order valence-electron chi connectivity index (χ4n) is 1.03. The fraction of sp³-hybridized carbons (Fsp3) is 0.444. The van der Waals surface area contributed by atoms with Gasteiger partial charge in [-0.15, -0.1) is 0 Å². The minimum atomic E-state index is -0.258. The molecular weight excluding hydrogens is 180 g/mol. The van der Waals surface area contributed by atoms with Crippen molar-refractivity contribution in [3.05, 3.63) is 24.3 Å². The Morgan fingerprint density at radius 3 is 3.00 bits per heavy atom. The van der Waals surface area contributed by atoms with Gasteiger partial charge in [0.15, 0.2) is 0 Å². The van der Waals surface area contributed by atoms with E-state index in [1.165, 1.54) is 0 Å². The summed E-state index contributed by atoms with van der Waals surface area (Å²) >= 11 is 0. The number of carbonyl (C=O) groups is 1. The van der Waals surface area contributed by atoms with Gasteiger partial charge in [-0.1, -0.05) is 0 Å². The van der Waals surface area contributed by atoms with Gasteiger partial charge in [0.2, 0.25) is 5.91 Å². The van der Waals surface area contributed by atoms with Gasteiger partial charge in [-0.3, -0.25) is 14.8 Å². The summed E-state index contributed by atoms with van der Waals surface area (Å²) in [5, 5.41) is 3.15. The molecule has 1 amide bonds. The van der Waals surface area contributed by atoms with E-state index >= 15 is 0 Å². The average Bonchev–Trinajstić information content (AvgIpc) is 2.18. The van der Waals surface area contributed by atoms with Gasteiger partial charge in [-0.25, -0.2) is 0 Å². The van der Waals surface area contributed by atoms with Crippen molar-refractivity contribution in [3.8, 4) is 0 Å². The van der Waals surface area contributed by atoms with Gasteiger partial charge < -0.3 is 11.1 Å². The van der Waals surface area contributed by atoms with Gasteiger partial charge in [0.1, 0.15) is 0 Å². The Morgan fingerprint density at radius 2 is 2.36 bits per heavy atom. The van der Waals surface area contributed by atoms with Gasteiger partial charge in [0.25, 0.3) is 0 Å². The smallest absolute Gasteiger partial charge is 0.217 e. The molecule has 0 fully saturated rings. The van der Waals surface area contributed by atoms with Crippen LogP contribution in [0.15, 0.2) is 18.6 Å². The highest BCUT2D eigenvalue weighted by Gasteiger charge is 1.95. The number of nitrogens with two attached hydrogens (primary N) is 1. The van der Waals surface area contributed by atoms with Crippen LogP contribution in [-0.2, 0) is 11.3 Å². The molecule has 0 unspecified atom stereocenters. The van der Waals surface area contributed by atoms with Crippen molar-refractivity contribution in [1.82, 2.24) is 15.3 Å². The van der Waals surface area contributed by atoms with Crippen LogP contribution in [-0.4, -0.2) is 22.4 Å². The lowest BCUT2D eigenvalue weighted by Gasteiger charge is -2.01. The molecule has 0 atom stereocenters. The Bertz CT molecular complexity index is 275. The molecule has 0 saturated carbocycles. The van der Waals surface area contributed by atoms with Crippen molar-refractivity contribution >= 4 is 5.91 Å². The Balaban J connectivity index is 2.08. The normalized spacial score (nSPS) is 10.0. The molecule has 0 radical (unpaired) electrons. The lowest BCUT2D eigenvalue weighted by molar-refractivity contribution is -0.118. The third-order valence-electron chi connectivity index (χ3n) is 1.70. The van der Waals surface area contributed by atoms with E-state index in [1.54, 1.807) is 18.6 Å². The summed E-state index contributed by atoms with van der Waals surface area (Å²) < 4.78 is 0. The summed E-state index contributed by atoms with van der Waals surface area (Å²) in [6, 6.07) is 0. The molecule has 0 aliphatic heterocycles. The predicted molar refractivity (Wildman–Crippen MR) is 52.2 cm³/mol. The highest BCUT2D eigenvalue weighted by atomic mass is 16.1. The van der Waals surface area contributed by atoms with Crippen LogP contribution in [0.2, 0.25) is 0 Å². The van der Waals surface area contributed by atoms with Crippen molar-refractivity contribution in [1.29, 1.82) is 0 Å². The standard InChI is InChI=1S/C9H14N4O/c10-9(14)2-1-3-11-6-8-7-12-4-5-13-8/h4-5,7,11H,1-3,6H2,(H2,10,14). The second kappa shape index (κ2) is 6.04. The lowest BCUT2D eigenvalue weighted by Crippen LogP contribution is -2.18. The third kappa shape index (κ3) is 4.51. The summed E-state index contributed by atoms with van der Waals surface area (Å²) in [5.41, 5.74) is 5.89. The van der Waals surface area contributed by atoms with Gasteiger partial charge in [0, 0.05) is 31.6 Å². The first kappa shape index (κ1) is 10.6. The molecular formula is C9H14N4O. The number of rotatable bonds is 6. The van der Waals surface area contributed by atoms with Crippen LogP contribution in [0, 0.1) is 0 Å². The van der Waals surface area contributed by atoms with E-state index in [1.807, 2.05) is 0 Å². The molecule has 3 N–H and O–H groups in total. The molecule has 0 aromatic carbocycles. The summed E-state index contributed by atoms with van der Waals surface area (Å²) in [6.45, 7) is 1.44. The Labute approximate surface area is 82.7 Å². The molecule has 0 aliphatic carbocycles. The average molecular weight is 194 g/mol. The van der Waals surface area contributed by atoms with Crippen molar-refractivity contribution in [2.75, 3.05) is 6.54 Å². The molecule has 5 nitrogen and oxygen atoms in total. The Hall–Kier alpha value is -1.49. The SMILES string of the molecule is NC(=O)CCCNCc1cnccn1. The van der Waals surface area contributed by atoms with E-state index in [4.69, 9.17) is 5.73 Å². The first-order valence-electron chi connectivity index (χ1n) is 4.53. The largest absolute Gasteiger partial charge is 0.370 e. The van der Waals surface area contributed by atoms with Crippen LogP contribution in [0.25, 0.3) is 0 Å². The maximum atomic E-state index is 10.4. The molecule has 1 heterocycles. The van der Waals surface area contributed by atoms with Gasteiger partial charge in [-0.05, 0) is 13.0 Å². The number of amides is 1. The molecule has 76 valence electrons. The van der Waals surface area contributed by atoms with E-state index < -0.39 is 0 Å². The Morgan fingerprint density at radius 1 is 1.50 bits per heavy atom. The third-order valence-corrected chi connectivity index (χ3v) is 1.70. The van der Waals surface area contributed by atoms with Crippen LogP contribution < -0.4 is 11.1 Å². The second-order valence-corrected chi connectivity index (χ2v) is 2.94. The van der Waals surface area contributed by atoms with E-state index in [2.05, 4.69) is 15.3 Å². The first-order valence-corrected chi connectivity index (χ1v) is 4.53. The number of hydrogen-bond donors (Lipinski definition) is 2. The van der Waals surface area contributed by atoms with Crippen molar-refractivity contribution in [2.24, 2.45) is 5.73 Å². The quantitative estimate of drug-likeness (QED) is 0.616. The monoisotopic (exact) mass is 194 g/mol. The summed E-state index contributed by atoms with van der Waals surface area (Å²) in [4.78, 5) is 18.4. The number of hydrogen-bond acceptors (Lipinski definition) is 4. The second-order valence-electron chi connectivity index (χ2n) is 2.94. The van der Waals surface area contributed by atoms with Crippen LogP contribution in [0.1, 0.15) is 18.5 Å². The number of nitrogens with zero attached hydrogens (tertiary/aromatic N) is 2. The number of primary amides is 1. The highest BCUT2D eigenvalue weighted by molar-refractivity contribution is 5.73. The van der Waals surface area contributed by atoms with Crippen LogP contribution in [0.4, 0.5) is 0 Å². The lowest BCUT2D eigenvalue weighted by atomic mass is 10.3. The minimum Gasteiger partial charge on any atom is -0.370 e. The summed E-state index contributed by atoms with van der Waals surface area (Å²) in [5.74, 6) is -0.258. The first-order chi connectivity index (χ1) is 6.79. The summed E-state index contributed by atoms with van der Waals surface area (Å²) in [6.07, 6.45) is 6.18. The molecule has 0 bridgehead atoms. The number of nitrogens with one attached hydrogen (secondary N) is 1. The summed E-state index contributed by atoms with van der Waals surface area (Å²) in [7, 11) is 0. The predicted octanol–water partition coefficient (Wildman–Crippen LogP) is -0.168. The maximum Gasteiger partial charge on any atom is 0.217 e. The molecule has 0 saturated heterocycles. The highest BCUT2D eigenvalue weighted by Crippen LogP contribution is 1.90. The van der Waals surface area contributed by atoms with Crippen molar-refractivity contribution in [2.45, 2.75) is 19.4 Å². The minimum absolute atomic E-state index is 0.258. The van der Waals surface area contributed by atoms with Crippen LogP contribution >= 0.6 is 0 Å². The fourth-order valence-corrected chi connectivity index (χ4v) is 1.03. The maximum absolute atomic E-state index is 10.4. The van der Waals surface area contributed by atoms with E-state index in [0.29, 0.717) is 13.0 Å². The van der Waals surface area contributed by atoms with Crippen molar-refractivity contribution < 1.29 is 4.79 Å². The zero-order valence-electron chi connectivity index (χ0n) is 7.94. The Kier molecular flexibility index (Phi) is 4.57. The molecule has 14 heavy (non-hydrogen) atoms. The molecule has 1 rings (SSSR count). The molecule has 0 spiro atoms. The van der Waals surface area contributed by atoms with E-state index in [9.17, 15) is 4.79 Å². The zero-order valence-corrected chi connectivity index (χ0v) is 7.94. The number of carbonyl (C=O) groups excluding carboxylic acids is 1. The van der Waals surface area contributed by atoms with E-state index in [0.717, 1.165) is 18.7 Å². The van der Waals surface area contributed by atoms with Gasteiger partial charge in [-0.2, -0.15) is 0 Å². The van der Waals surface area contributed by atoms with Crippen LogP contribution in [0.3, 0.4) is 0 Å².